The molecule has 0 radical (unpaired) electrons. The van der Waals surface area contributed by atoms with Gasteiger partial charge in [0, 0.05) is 0 Å². The van der Waals surface area contributed by atoms with Crippen molar-refractivity contribution < 1.29 is 17.6 Å². The number of hydrazine groups is 1. The summed E-state index contributed by atoms with van der Waals surface area (Å²) in [4.78, 5) is -0.553. The molecule has 14 heavy (non-hydrogen) atoms. The van der Waals surface area contributed by atoms with Crippen LogP contribution >= 0.6 is 11.8 Å². The Morgan fingerprint density at radius 2 is 1.93 bits per heavy atom. The van der Waals surface area contributed by atoms with E-state index >= 15 is 0 Å². The number of nitrogen functional groups attached to an aromatic ring is 1. The molecule has 1 rings (SSSR count). The summed E-state index contributed by atoms with van der Waals surface area (Å²) >= 11 is -0.539. The van der Waals surface area contributed by atoms with Gasteiger partial charge in [-0.15, -0.1) is 0 Å². The summed E-state index contributed by atoms with van der Waals surface area (Å²) in [5.41, 5.74) is -2.63. The quantitative estimate of drug-likeness (QED) is 0.352. The number of anilines is 1. The topological polar surface area (TPSA) is 38.0 Å². The van der Waals surface area contributed by atoms with E-state index in [0.29, 0.717) is 0 Å². The maximum atomic E-state index is 13.0. The van der Waals surface area contributed by atoms with Gasteiger partial charge in [-0.1, -0.05) is 6.07 Å². The van der Waals surface area contributed by atoms with E-state index in [9.17, 15) is 17.6 Å². The van der Waals surface area contributed by atoms with Crippen LogP contribution in [0.4, 0.5) is 23.2 Å². The third-order valence-corrected chi connectivity index (χ3v) is 2.19. The molecular weight excluding hydrogens is 220 g/mol. The average Bonchev–Trinajstić information content (AvgIpc) is 2.06. The summed E-state index contributed by atoms with van der Waals surface area (Å²) in [6, 6.07) is 3.47. The van der Waals surface area contributed by atoms with E-state index in [1.165, 1.54) is 12.1 Å². The molecule has 0 atom stereocenters. The molecular formula is C7H6F4N2S. The van der Waals surface area contributed by atoms with Crippen LogP contribution in [-0.2, 0) is 0 Å². The van der Waals surface area contributed by atoms with Crippen molar-refractivity contribution in [1.29, 1.82) is 0 Å². The van der Waals surface area contributed by atoms with Gasteiger partial charge in [-0.25, -0.2) is 4.39 Å². The smallest absolute Gasteiger partial charge is 0.323 e. The molecule has 0 aliphatic heterocycles. The normalized spacial score (nSPS) is 11.5. The second-order valence-corrected chi connectivity index (χ2v) is 3.38. The molecule has 0 spiro atoms. The first-order valence-electron chi connectivity index (χ1n) is 3.45. The Bertz CT molecular complexity index is 326. The Hall–Kier alpha value is -0.950. The van der Waals surface area contributed by atoms with Gasteiger partial charge in [-0.05, 0) is 23.9 Å². The van der Waals surface area contributed by atoms with Crippen LogP contribution in [0.1, 0.15) is 0 Å². The van der Waals surface area contributed by atoms with E-state index in [1.54, 1.807) is 0 Å². The second kappa shape index (κ2) is 4.05. The maximum Gasteiger partial charge on any atom is 0.446 e. The van der Waals surface area contributed by atoms with E-state index in [1.807, 2.05) is 5.43 Å². The molecule has 1 aromatic carbocycles. The molecule has 0 fully saturated rings. The van der Waals surface area contributed by atoms with Gasteiger partial charge >= 0.3 is 5.51 Å². The standard InChI is InChI=1S/C7H6F4N2S/c8-4-2-1-3-5(13-12)6(4)14-7(9,10)11/h1-3,13H,12H2. The number of nitrogens with one attached hydrogen (secondary N) is 1. The number of hydrogen-bond acceptors (Lipinski definition) is 3. The number of benzene rings is 1. The lowest BCUT2D eigenvalue weighted by Crippen LogP contribution is -2.10. The molecule has 0 saturated carbocycles. The second-order valence-electron chi connectivity index (χ2n) is 2.31. The molecule has 3 N–H and O–H groups in total. The zero-order valence-corrected chi connectivity index (χ0v) is 7.55. The Morgan fingerprint density at radius 3 is 2.43 bits per heavy atom. The first-order chi connectivity index (χ1) is 6.44. The number of hydrogen-bond donors (Lipinski definition) is 2. The summed E-state index contributed by atoms with van der Waals surface area (Å²) < 4.78 is 48.8. The highest BCUT2D eigenvalue weighted by Crippen LogP contribution is 2.41. The Balaban J connectivity index is 3.05. The molecule has 7 heteroatoms. The molecule has 0 aromatic heterocycles. The summed E-state index contributed by atoms with van der Waals surface area (Å²) in [6.07, 6.45) is 0. The van der Waals surface area contributed by atoms with Crippen molar-refractivity contribution in [3.63, 3.8) is 0 Å². The molecule has 0 saturated heterocycles. The summed E-state index contributed by atoms with van der Waals surface area (Å²) in [6.45, 7) is 0. The van der Waals surface area contributed by atoms with Crippen LogP contribution in [0.5, 0.6) is 0 Å². The third kappa shape index (κ3) is 2.78. The van der Waals surface area contributed by atoms with Crippen molar-refractivity contribution in [2.24, 2.45) is 5.84 Å². The van der Waals surface area contributed by atoms with E-state index in [2.05, 4.69) is 0 Å². The number of thioether (sulfide) groups is 1. The van der Waals surface area contributed by atoms with E-state index in [4.69, 9.17) is 5.84 Å². The number of alkyl halides is 3. The average molecular weight is 226 g/mol. The molecule has 1 aromatic rings. The first-order valence-corrected chi connectivity index (χ1v) is 4.26. The van der Waals surface area contributed by atoms with Gasteiger partial charge in [-0.2, -0.15) is 13.2 Å². The first kappa shape index (κ1) is 11.1. The lowest BCUT2D eigenvalue weighted by molar-refractivity contribution is -0.0329. The Kier molecular flexibility index (Phi) is 3.22. The summed E-state index contributed by atoms with van der Waals surface area (Å²) in [7, 11) is 0. The predicted octanol–water partition coefficient (Wildman–Crippen LogP) is 2.72. The third-order valence-electron chi connectivity index (χ3n) is 1.34. The fourth-order valence-electron chi connectivity index (χ4n) is 0.842. The minimum absolute atomic E-state index is 0.0904. The SMILES string of the molecule is NNc1cccc(F)c1SC(F)(F)F. The minimum Gasteiger partial charge on any atom is -0.323 e. The number of halogens is 4. The van der Waals surface area contributed by atoms with Gasteiger partial charge in [-0.3, -0.25) is 5.84 Å². The molecule has 0 aliphatic rings. The van der Waals surface area contributed by atoms with Crippen molar-refractivity contribution in [3.05, 3.63) is 24.0 Å². The molecule has 0 aliphatic carbocycles. The predicted molar refractivity (Wildman–Crippen MR) is 46.1 cm³/mol. The van der Waals surface area contributed by atoms with Crippen molar-refractivity contribution >= 4 is 17.4 Å². The van der Waals surface area contributed by atoms with Crippen LogP contribution in [0.3, 0.4) is 0 Å². The van der Waals surface area contributed by atoms with Gasteiger partial charge in [0.2, 0.25) is 0 Å². The van der Waals surface area contributed by atoms with Gasteiger partial charge in [0.05, 0.1) is 10.6 Å². The van der Waals surface area contributed by atoms with E-state index < -0.39 is 28.0 Å². The van der Waals surface area contributed by atoms with Gasteiger partial charge in [0.15, 0.2) is 0 Å². The Morgan fingerprint density at radius 1 is 1.29 bits per heavy atom. The zero-order valence-electron chi connectivity index (χ0n) is 6.73. The molecule has 2 nitrogen and oxygen atoms in total. The fraction of sp³-hybridized carbons (Fsp3) is 0.143. The van der Waals surface area contributed by atoms with Crippen LogP contribution in [0.25, 0.3) is 0 Å². The monoisotopic (exact) mass is 226 g/mol. The van der Waals surface area contributed by atoms with Crippen LogP contribution in [0, 0.1) is 5.82 Å². The van der Waals surface area contributed by atoms with Crippen LogP contribution in [-0.4, -0.2) is 5.51 Å². The highest BCUT2D eigenvalue weighted by Gasteiger charge is 2.32. The van der Waals surface area contributed by atoms with Crippen molar-refractivity contribution in [1.82, 2.24) is 0 Å². The molecule has 0 amide bonds. The van der Waals surface area contributed by atoms with Crippen LogP contribution < -0.4 is 11.3 Å². The highest BCUT2D eigenvalue weighted by atomic mass is 32.2. The van der Waals surface area contributed by atoms with Gasteiger partial charge < -0.3 is 5.43 Å². The molecule has 78 valence electrons. The van der Waals surface area contributed by atoms with Gasteiger partial charge in [0.1, 0.15) is 5.82 Å². The van der Waals surface area contributed by atoms with Crippen molar-refractivity contribution in [2.75, 3.05) is 5.43 Å². The van der Waals surface area contributed by atoms with E-state index in [-0.39, 0.29) is 5.69 Å². The molecule has 0 unspecified atom stereocenters. The van der Waals surface area contributed by atoms with Gasteiger partial charge in [0.25, 0.3) is 0 Å². The molecule has 0 heterocycles. The fourth-order valence-corrected chi connectivity index (χ4v) is 1.48. The largest absolute Gasteiger partial charge is 0.446 e. The maximum absolute atomic E-state index is 13.0. The van der Waals surface area contributed by atoms with Crippen molar-refractivity contribution in [3.8, 4) is 0 Å². The van der Waals surface area contributed by atoms with Crippen LogP contribution in [0.15, 0.2) is 23.1 Å². The number of rotatable bonds is 2. The highest BCUT2D eigenvalue weighted by molar-refractivity contribution is 8.00. The Labute approximate surface area is 81.4 Å². The van der Waals surface area contributed by atoms with E-state index in [0.717, 1.165) is 6.07 Å². The molecule has 0 bridgehead atoms. The zero-order chi connectivity index (χ0) is 10.8. The summed E-state index contributed by atoms with van der Waals surface area (Å²) in [5.74, 6) is 3.99. The van der Waals surface area contributed by atoms with Crippen molar-refractivity contribution in [2.45, 2.75) is 10.4 Å². The minimum atomic E-state index is -4.53. The lowest BCUT2D eigenvalue weighted by atomic mass is 10.3. The number of nitrogens with two attached hydrogens (primary N) is 1. The van der Waals surface area contributed by atoms with Crippen LogP contribution in [0.2, 0.25) is 0 Å². The lowest BCUT2D eigenvalue weighted by Gasteiger charge is -2.10. The summed E-state index contributed by atoms with van der Waals surface area (Å²) in [5, 5.41) is 0.